The molecule has 2 N–H and O–H groups in total. The third-order valence-electron chi connectivity index (χ3n) is 0.679. The molecule has 0 bridgehead atoms. The first-order valence-corrected chi connectivity index (χ1v) is 2.81. The molecule has 0 spiro atoms. The second kappa shape index (κ2) is 4.93. The molecule has 0 radical (unpaired) electrons. The molecule has 0 aromatic heterocycles. The van der Waals surface area contributed by atoms with Crippen LogP contribution in [0.5, 0.6) is 0 Å². The zero-order valence-electron chi connectivity index (χ0n) is 4.42. The van der Waals surface area contributed by atoms with Crippen LogP contribution in [-0.2, 0) is 4.79 Å². The molecule has 0 fully saturated rings. The van der Waals surface area contributed by atoms with Crippen LogP contribution >= 0.6 is 12.8 Å². The zero-order valence-corrected chi connectivity index (χ0v) is 5.32. The van der Waals surface area contributed by atoms with E-state index in [4.69, 9.17) is 5.11 Å². The number of carboxylic acids is 1. The monoisotopic (exact) mass is 135 g/mol. The average molecular weight is 135 g/mol. The number of hydrogen-bond donors (Lipinski definition) is 3. The second-order valence-electron chi connectivity index (χ2n) is 1.41. The number of aliphatic carboxylic acids is 1. The van der Waals surface area contributed by atoms with E-state index in [1.165, 1.54) is 0 Å². The zero-order chi connectivity index (χ0) is 6.41. The molecule has 0 aliphatic carbocycles. The van der Waals surface area contributed by atoms with Crippen molar-refractivity contribution in [2.45, 2.75) is 12.8 Å². The van der Waals surface area contributed by atoms with Crippen LogP contribution in [0, 0.1) is 0 Å². The molecule has 48 valence electrons. The minimum atomic E-state index is -0.756. The second-order valence-corrected chi connectivity index (χ2v) is 1.72. The fourth-order valence-electron chi connectivity index (χ4n) is 0.319. The van der Waals surface area contributed by atoms with E-state index in [1.807, 2.05) is 0 Å². The van der Waals surface area contributed by atoms with Gasteiger partial charge in [-0.3, -0.25) is 9.52 Å². The molecule has 8 heavy (non-hydrogen) atoms. The summed E-state index contributed by atoms with van der Waals surface area (Å²) < 4.78 is 2.55. The number of carbonyl (C=O) groups is 1. The number of hydrogen-bond acceptors (Lipinski definition) is 3. The topological polar surface area (TPSA) is 49.3 Å². The molecule has 0 unspecified atom stereocenters. The van der Waals surface area contributed by atoms with Crippen molar-refractivity contribution in [1.29, 1.82) is 0 Å². The van der Waals surface area contributed by atoms with Crippen molar-refractivity contribution in [3.63, 3.8) is 0 Å². The first-order valence-electron chi connectivity index (χ1n) is 2.36. The van der Waals surface area contributed by atoms with Crippen LogP contribution in [0.2, 0.25) is 0 Å². The molecule has 0 aromatic carbocycles. The van der Waals surface area contributed by atoms with Crippen molar-refractivity contribution in [2.24, 2.45) is 0 Å². The fraction of sp³-hybridized carbons (Fsp3) is 0.750. The Balaban J connectivity index is 2.82. The molecule has 0 amide bonds. The predicted octanol–water partition coefficient (Wildman–Crippen LogP) is 0.286. The van der Waals surface area contributed by atoms with E-state index in [0.29, 0.717) is 13.0 Å². The first kappa shape index (κ1) is 7.78. The van der Waals surface area contributed by atoms with Crippen LogP contribution in [0.25, 0.3) is 0 Å². The molecule has 0 aromatic rings. The predicted molar refractivity (Wildman–Crippen MR) is 33.9 cm³/mol. The molecule has 0 rings (SSSR count). The van der Waals surface area contributed by atoms with Gasteiger partial charge in [0.25, 0.3) is 0 Å². The van der Waals surface area contributed by atoms with Gasteiger partial charge in [-0.15, -0.1) is 0 Å². The SMILES string of the molecule is O=C(O)CCCNS. The Morgan fingerprint density at radius 2 is 2.38 bits per heavy atom. The standard InChI is InChI=1S/C4H9NO2S/c6-4(7)2-1-3-5-8/h5,8H,1-3H2,(H,6,7). The Hall–Kier alpha value is -0.220. The number of thiol groups is 1. The molecular weight excluding hydrogens is 126 g/mol. The summed E-state index contributed by atoms with van der Waals surface area (Å²) in [5.74, 6) is -0.756. The Morgan fingerprint density at radius 3 is 2.75 bits per heavy atom. The van der Waals surface area contributed by atoms with Gasteiger partial charge >= 0.3 is 5.97 Å². The lowest BCUT2D eigenvalue weighted by Crippen LogP contribution is -2.04. The van der Waals surface area contributed by atoms with E-state index in [2.05, 4.69) is 17.5 Å². The number of carboxylic acid groups (broad SMARTS) is 1. The summed E-state index contributed by atoms with van der Waals surface area (Å²) in [4.78, 5) is 9.82. The molecule has 0 atom stereocenters. The van der Waals surface area contributed by atoms with Gasteiger partial charge in [-0.25, -0.2) is 0 Å². The van der Waals surface area contributed by atoms with Gasteiger partial charge in [0.05, 0.1) is 0 Å². The van der Waals surface area contributed by atoms with Gasteiger partial charge in [0.1, 0.15) is 0 Å². The quantitative estimate of drug-likeness (QED) is 0.383. The van der Waals surface area contributed by atoms with Gasteiger partial charge in [-0.2, -0.15) is 0 Å². The largest absolute Gasteiger partial charge is 0.481 e. The van der Waals surface area contributed by atoms with Gasteiger partial charge in [0.2, 0.25) is 0 Å². The van der Waals surface area contributed by atoms with Crippen molar-refractivity contribution in [3.8, 4) is 0 Å². The van der Waals surface area contributed by atoms with E-state index in [1.54, 1.807) is 0 Å². The maximum Gasteiger partial charge on any atom is 0.303 e. The van der Waals surface area contributed by atoms with Crippen LogP contribution < -0.4 is 4.72 Å². The van der Waals surface area contributed by atoms with Crippen molar-refractivity contribution in [3.05, 3.63) is 0 Å². The van der Waals surface area contributed by atoms with Crippen molar-refractivity contribution >= 4 is 18.8 Å². The highest BCUT2D eigenvalue weighted by molar-refractivity contribution is 7.78. The summed E-state index contributed by atoms with van der Waals surface area (Å²) >= 11 is 3.68. The lowest BCUT2D eigenvalue weighted by molar-refractivity contribution is -0.137. The number of rotatable bonds is 4. The van der Waals surface area contributed by atoms with Gasteiger partial charge in [-0.05, 0) is 6.42 Å². The molecule has 0 aliphatic rings. The third kappa shape index (κ3) is 5.78. The van der Waals surface area contributed by atoms with Gasteiger partial charge < -0.3 is 5.11 Å². The van der Waals surface area contributed by atoms with E-state index < -0.39 is 5.97 Å². The van der Waals surface area contributed by atoms with Crippen LogP contribution in [0.4, 0.5) is 0 Å². The lowest BCUT2D eigenvalue weighted by Gasteiger charge is -1.91. The van der Waals surface area contributed by atoms with Crippen molar-refractivity contribution < 1.29 is 9.90 Å². The smallest absolute Gasteiger partial charge is 0.303 e. The first-order chi connectivity index (χ1) is 3.77. The van der Waals surface area contributed by atoms with Crippen molar-refractivity contribution in [2.75, 3.05) is 6.54 Å². The van der Waals surface area contributed by atoms with Crippen LogP contribution in [0.15, 0.2) is 0 Å². The summed E-state index contributed by atoms with van der Waals surface area (Å²) in [6.45, 7) is 0.648. The summed E-state index contributed by atoms with van der Waals surface area (Å²) in [6.07, 6.45) is 0.854. The van der Waals surface area contributed by atoms with Gasteiger partial charge in [-0.1, -0.05) is 12.8 Å². The average Bonchev–Trinajstić information content (AvgIpc) is 1.66. The van der Waals surface area contributed by atoms with Gasteiger partial charge in [0, 0.05) is 13.0 Å². The summed E-state index contributed by atoms with van der Waals surface area (Å²) in [6, 6.07) is 0. The van der Waals surface area contributed by atoms with Crippen LogP contribution in [0.1, 0.15) is 12.8 Å². The highest BCUT2D eigenvalue weighted by Crippen LogP contribution is 1.85. The molecule has 4 heteroatoms. The molecule has 0 heterocycles. The minimum Gasteiger partial charge on any atom is -0.481 e. The van der Waals surface area contributed by atoms with E-state index in [0.717, 1.165) is 0 Å². The molecule has 0 aliphatic heterocycles. The van der Waals surface area contributed by atoms with Crippen LogP contribution in [-0.4, -0.2) is 17.6 Å². The minimum absolute atomic E-state index is 0.216. The van der Waals surface area contributed by atoms with Crippen molar-refractivity contribution in [1.82, 2.24) is 4.72 Å². The number of nitrogens with one attached hydrogen (secondary N) is 1. The normalized spacial score (nSPS) is 9.12. The molecule has 0 saturated heterocycles. The Morgan fingerprint density at radius 1 is 1.75 bits per heavy atom. The maximum atomic E-state index is 9.82. The van der Waals surface area contributed by atoms with Crippen LogP contribution in [0.3, 0.4) is 0 Å². The van der Waals surface area contributed by atoms with Gasteiger partial charge in [0.15, 0.2) is 0 Å². The third-order valence-corrected chi connectivity index (χ3v) is 0.903. The molecule has 3 nitrogen and oxygen atoms in total. The van der Waals surface area contributed by atoms with E-state index >= 15 is 0 Å². The highest BCUT2D eigenvalue weighted by atomic mass is 32.1. The summed E-state index contributed by atoms with van der Waals surface area (Å²) in [7, 11) is 0. The summed E-state index contributed by atoms with van der Waals surface area (Å²) in [5.41, 5.74) is 0. The Labute approximate surface area is 53.6 Å². The fourth-order valence-corrected chi connectivity index (χ4v) is 0.477. The molecule has 0 saturated carbocycles. The Bertz CT molecular complexity index is 76.4. The lowest BCUT2D eigenvalue weighted by atomic mass is 10.3. The Kier molecular flexibility index (Phi) is 4.79. The highest BCUT2D eigenvalue weighted by Gasteiger charge is 1.92. The maximum absolute atomic E-state index is 9.82. The summed E-state index contributed by atoms with van der Waals surface area (Å²) in [5, 5.41) is 8.09. The molecular formula is C4H9NO2S. The van der Waals surface area contributed by atoms with E-state index in [9.17, 15) is 4.79 Å². The van der Waals surface area contributed by atoms with E-state index in [-0.39, 0.29) is 6.42 Å².